The Morgan fingerprint density at radius 2 is 1.96 bits per heavy atom. The Hall–Kier alpha value is -2.48. The quantitative estimate of drug-likeness (QED) is 0.776. The number of rotatable bonds is 3. The van der Waals surface area contributed by atoms with Crippen LogP contribution in [0, 0.1) is 19.8 Å². The summed E-state index contributed by atoms with van der Waals surface area (Å²) in [6.07, 6.45) is 6.45. The molecule has 4 rings (SSSR count). The molecule has 1 saturated heterocycles. The van der Waals surface area contributed by atoms with E-state index in [0.29, 0.717) is 5.78 Å². The average molecular weight is 341 g/mol. The molecule has 0 amide bonds. The van der Waals surface area contributed by atoms with Gasteiger partial charge in [0, 0.05) is 43.8 Å². The number of aryl methyl sites for hydroxylation is 2. The first-order valence-corrected chi connectivity index (χ1v) is 8.63. The van der Waals surface area contributed by atoms with Crippen LogP contribution in [-0.4, -0.2) is 47.3 Å². The molecule has 132 valence electrons. The molecule has 1 fully saturated rings. The molecule has 3 aromatic heterocycles. The number of aliphatic hydroxyl groups is 1. The van der Waals surface area contributed by atoms with E-state index in [0.717, 1.165) is 48.8 Å². The minimum Gasteiger partial charge on any atom is -0.385 e. The summed E-state index contributed by atoms with van der Waals surface area (Å²) in [5.41, 5.74) is 2.10. The monoisotopic (exact) mass is 341 g/mol. The fourth-order valence-electron chi connectivity index (χ4n) is 3.69. The summed E-state index contributed by atoms with van der Waals surface area (Å²) in [4.78, 5) is 15.3. The van der Waals surface area contributed by atoms with E-state index in [1.165, 1.54) is 0 Å². The largest absolute Gasteiger partial charge is 0.385 e. The lowest BCUT2D eigenvalue weighted by molar-refractivity contribution is 0.0823. The molecular weight excluding hydrogens is 318 g/mol. The second-order valence-corrected chi connectivity index (χ2v) is 6.78. The fourth-order valence-corrected chi connectivity index (χ4v) is 3.69. The van der Waals surface area contributed by atoms with Crippen molar-refractivity contribution in [3.05, 3.63) is 35.8 Å². The van der Waals surface area contributed by atoms with Crippen molar-refractivity contribution < 1.29 is 5.11 Å². The maximum Gasteiger partial charge on any atom is 0.254 e. The zero-order valence-corrected chi connectivity index (χ0v) is 14.8. The summed E-state index contributed by atoms with van der Waals surface area (Å²) in [5, 5.41) is 15.0. The first-order chi connectivity index (χ1) is 12.1. The van der Waals surface area contributed by atoms with E-state index >= 15 is 0 Å². The lowest BCUT2D eigenvalue weighted by atomic mass is 9.90. The van der Waals surface area contributed by atoms with Gasteiger partial charge in [-0.15, -0.1) is 0 Å². The summed E-state index contributed by atoms with van der Waals surface area (Å²) in [5.74, 6) is 2.65. The van der Waals surface area contributed by atoms with Crippen LogP contribution in [-0.2, 0) is 7.05 Å². The molecular formula is C17H23N7O. The molecule has 8 nitrogen and oxygen atoms in total. The number of fused-ring (bicyclic) bond motifs is 1. The summed E-state index contributed by atoms with van der Waals surface area (Å²) in [6, 6.07) is 0. The molecule has 1 atom stereocenters. The lowest BCUT2D eigenvalue weighted by Gasteiger charge is -2.36. The average Bonchev–Trinajstić information content (AvgIpc) is 3.24. The third kappa shape index (κ3) is 2.66. The molecule has 1 N–H and O–H groups in total. The molecule has 0 aliphatic carbocycles. The Morgan fingerprint density at radius 1 is 1.20 bits per heavy atom. The van der Waals surface area contributed by atoms with Crippen LogP contribution < -0.4 is 4.90 Å². The smallest absolute Gasteiger partial charge is 0.254 e. The maximum absolute atomic E-state index is 10.7. The van der Waals surface area contributed by atoms with Crippen LogP contribution in [0.4, 0.5) is 5.82 Å². The van der Waals surface area contributed by atoms with E-state index in [4.69, 9.17) is 0 Å². The van der Waals surface area contributed by atoms with Gasteiger partial charge in [0.25, 0.3) is 5.78 Å². The number of imidazole rings is 1. The molecule has 1 aliphatic heterocycles. The van der Waals surface area contributed by atoms with Gasteiger partial charge in [0.05, 0.1) is 0 Å². The van der Waals surface area contributed by atoms with Crippen molar-refractivity contribution in [2.24, 2.45) is 13.0 Å². The molecule has 0 spiro atoms. The molecule has 3 aromatic rings. The van der Waals surface area contributed by atoms with Crippen LogP contribution in [0.3, 0.4) is 0 Å². The number of aromatic nitrogens is 6. The van der Waals surface area contributed by atoms with Gasteiger partial charge in [-0.2, -0.15) is 14.6 Å². The van der Waals surface area contributed by atoms with E-state index in [1.807, 2.05) is 29.3 Å². The van der Waals surface area contributed by atoms with Crippen molar-refractivity contribution in [1.82, 2.24) is 29.1 Å². The van der Waals surface area contributed by atoms with E-state index in [1.54, 1.807) is 12.5 Å². The number of anilines is 1. The van der Waals surface area contributed by atoms with Crippen LogP contribution >= 0.6 is 0 Å². The molecule has 1 unspecified atom stereocenters. The summed E-state index contributed by atoms with van der Waals surface area (Å²) in [7, 11) is 1.92. The second-order valence-electron chi connectivity index (χ2n) is 6.78. The van der Waals surface area contributed by atoms with Gasteiger partial charge in [-0.3, -0.25) is 0 Å². The van der Waals surface area contributed by atoms with Gasteiger partial charge in [-0.25, -0.2) is 9.97 Å². The zero-order chi connectivity index (χ0) is 17.6. The van der Waals surface area contributed by atoms with Crippen molar-refractivity contribution in [1.29, 1.82) is 0 Å². The number of aliphatic hydroxyl groups excluding tert-OH is 1. The van der Waals surface area contributed by atoms with Crippen LogP contribution in [0.2, 0.25) is 0 Å². The predicted molar refractivity (Wildman–Crippen MR) is 93.4 cm³/mol. The first kappa shape index (κ1) is 16.0. The van der Waals surface area contributed by atoms with E-state index < -0.39 is 6.10 Å². The first-order valence-electron chi connectivity index (χ1n) is 8.63. The van der Waals surface area contributed by atoms with Gasteiger partial charge in [-0.05, 0) is 32.6 Å². The normalized spacial score (nSPS) is 17.4. The third-order valence-electron chi connectivity index (χ3n) is 5.28. The highest BCUT2D eigenvalue weighted by atomic mass is 16.3. The number of piperidine rings is 1. The highest BCUT2D eigenvalue weighted by Gasteiger charge is 2.30. The van der Waals surface area contributed by atoms with Crippen molar-refractivity contribution in [3.63, 3.8) is 0 Å². The van der Waals surface area contributed by atoms with Gasteiger partial charge in [0.15, 0.2) is 0 Å². The molecule has 0 saturated carbocycles. The van der Waals surface area contributed by atoms with Crippen LogP contribution in [0.5, 0.6) is 0 Å². The standard InChI is InChI=1S/C17H23N7O/c1-11-12(2)21-17-19-10-20-24(17)16(11)23-7-4-13(5-8-23)14(25)15-18-6-9-22(15)3/h6,9-10,13-14,25H,4-5,7-8H2,1-3H3. The third-order valence-corrected chi connectivity index (χ3v) is 5.28. The lowest BCUT2D eigenvalue weighted by Crippen LogP contribution is -2.37. The fraction of sp³-hybridized carbons (Fsp3) is 0.529. The Kier molecular flexibility index (Phi) is 3.91. The molecule has 0 radical (unpaired) electrons. The molecule has 4 heterocycles. The number of hydrogen-bond donors (Lipinski definition) is 1. The van der Waals surface area contributed by atoms with Crippen molar-refractivity contribution >= 4 is 11.6 Å². The maximum atomic E-state index is 10.7. The summed E-state index contributed by atoms with van der Waals surface area (Å²) < 4.78 is 3.71. The molecule has 25 heavy (non-hydrogen) atoms. The Morgan fingerprint density at radius 3 is 2.64 bits per heavy atom. The Bertz CT molecular complexity index is 892. The van der Waals surface area contributed by atoms with Crippen LogP contribution in [0.25, 0.3) is 5.78 Å². The second kappa shape index (κ2) is 6.11. The van der Waals surface area contributed by atoms with Crippen molar-refractivity contribution in [2.75, 3.05) is 18.0 Å². The predicted octanol–water partition coefficient (Wildman–Crippen LogP) is 1.42. The van der Waals surface area contributed by atoms with Gasteiger partial charge < -0.3 is 14.6 Å². The highest BCUT2D eigenvalue weighted by Crippen LogP contribution is 2.33. The molecule has 8 heteroatoms. The Balaban J connectivity index is 1.56. The van der Waals surface area contributed by atoms with Crippen LogP contribution in [0.1, 0.15) is 36.0 Å². The molecule has 1 aliphatic rings. The van der Waals surface area contributed by atoms with Gasteiger partial charge >= 0.3 is 0 Å². The Labute approximate surface area is 146 Å². The summed E-state index contributed by atoms with van der Waals surface area (Å²) in [6.45, 7) is 5.81. The zero-order valence-electron chi connectivity index (χ0n) is 14.8. The van der Waals surface area contributed by atoms with E-state index in [2.05, 4.69) is 31.9 Å². The van der Waals surface area contributed by atoms with Crippen LogP contribution in [0.15, 0.2) is 18.7 Å². The highest BCUT2D eigenvalue weighted by molar-refractivity contribution is 5.54. The molecule has 0 aromatic carbocycles. The van der Waals surface area contributed by atoms with Crippen molar-refractivity contribution in [3.8, 4) is 0 Å². The summed E-state index contributed by atoms with van der Waals surface area (Å²) >= 11 is 0. The van der Waals surface area contributed by atoms with Gasteiger partial charge in [0.1, 0.15) is 24.1 Å². The van der Waals surface area contributed by atoms with Gasteiger partial charge in [-0.1, -0.05) is 0 Å². The minimum atomic E-state index is -0.520. The van der Waals surface area contributed by atoms with Crippen molar-refractivity contribution in [2.45, 2.75) is 32.8 Å². The SMILES string of the molecule is Cc1nc2ncnn2c(N2CCC(C(O)c3nccn3C)CC2)c1C. The number of hydrogen-bond acceptors (Lipinski definition) is 6. The van der Waals surface area contributed by atoms with E-state index in [-0.39, 0.29) is 5.92 Å². The molecule has 0 bridgehead atoms. The minimum absolute atomic E-state index is 0.215. The van der Waals surface area contributed by atoms with E-state index in [9.17, 15) is 5.11 Å². The topological polar surface area (TPSA) is 84.4 Å². The van der Waals surface area contributed by atoms with Gasteiger partial charge in [0.2, 0.25) is 0 Å². The number of nitrogens with zero attached hydrogens (tertiary/aromatic N) is 7.